The monoisotopic (exact) mass is 337 g/mol. The summed E-state index contributed by atoms with van der Waals surface area (Å²) >= 11 is 2.98. The number of amides is 2. The second kappa shape index (κ2) is 4.49. The van der Waals surface area contributed by atoms with Crippen molar-refractivity contribution in [1.29, 1.82) is 0 Å². The number of imide groups is 1. The van der Waals surface area contributed by atoms with Crippen molar-refractivity contribution < 1.29 is 18.4 Å². The second-order valence-corrected chi connectivity index (χ2v) is 5.06. The summed E-state index contributed by atoms with van der Waals surface area (Å²) in [4.78, 5) is 25.2. The van der Waals surface area contributed by atoms with E-state index in [9.17, 15) is 18.4 Å². The summed E-state index contributed by atoms with van der Waals surface area (Å²) in [5.74, 6) is -3.03. The van der Waals surface area contributed by atoms with Gasteiger partial charge in [0.1, 0.15) is 11.5 Å². The van der Waals surface area contributed by atoms with Gasteiger partial charge in [-0.15, -0.1) is 0 Å². The first-order chi connectivity index (χ1) is 9.50. The van der Waals surface area contributed by atoms with Crippen molar-refractivity contribution in [2.24, 2.45) is 0 Å². The molecule has 3 nitrogen and oxygen atoms in total. The van der Waals surface area contributed by atoms with E-state index in [1.807, 2.05) is 0 Å². The molecule has 0 saturated carbocycles. The third-order valence-corrected chi connectivity index (χ3v) is 3.60. The zero-order chi connectivity index (χ0) is 14.4. The molecule has 0 radical (unpaired) electrons. The van der Waals surface area contributed by atoms with Crippen molar-refractivity contribution in [2.45, 2.75) is 0 Å². The van der Waals surface area contributed by atoms with Crippen LogP contribution in [0.2, 0.25) is 0 Å². The number of nitrogens with zero attached hydrogens (tertiary/aromatic N) is 1. The van der Waals surface area contributed by atoms with Gasteiger partial charge in [-0.25, -0.2) is 13.7 Å². The molecule has 1 heterocycles. The van der Waals surface area contributed by atoms with Crippen molar-refractivity contribution in [3.63, 3.8) is 0 Å². The fraction of sp³-hybridized carbons (Fsp3) is 0. The molecule has 2 aromatic rings. The fourth-order valence-corrected chi connectivity index (χ4v) is 2.73. The zero-order valence-corrected chi connectivity index (χ0v) is 11.4. The van der Waals surface area contributed by atoms with Crippen LogP contribution in [0.15, 0.2) is 40.9 Å². The molecule has 3 rings (SSSR count). The fourth-order valence-electron chi connectivity index (χ4n) is 2.14. The molecule has 6 heteroatoms. The molecule has 100 valence electrons. The molecule has 20 heavy (non-hydrogen) atoms. The first-order valence-corrected chi connectivity index (χ1v) is 6.42. The molecule has 0 N–H and O–H groups in total. The van der Waals surface area contributed by atoms with Crippen LogP contribution in [-0.4, -0.2) is 11.8 Å². The highest BCUT2D eigenvalue weighted by atomic mass is 79.9. The molecule has 0 aromatic heterocycles. The Hall–Kier alpha value is -2.08. The van der Waals surface area contributed by atoms with Crippen molar-refractivity contribution >= 4 is 33.4 Å². The number of hydrogen-bond donors (Lipinski definition) is 0. The number of benzene rings is 2. The second-order valence-electron chi connectivity index (χ2n) is 4.21. The van der Waals surface area contributed by atoms with Crippen LogP contribution in [0.4, 0.5) is 14.5 Å². The van der Waals surface area contributed by atoms with E-state index in [0.717, 1.165) is 6.07 Å². The molecule has 2 amide bonds. The molecule has 0 atom stereocenters. The summed E-state index contributed by atoms with van der Waals surface area (Å²) in [6, 6.07) is 7.84. The van der Waals surface area contributed by atoms with Crippen molar-refractivity contribution in [1.82, 2.24) is 0 Å². The van der Waals surface area contributed by atoms with Crippen LogP contribution >= 0.6 is 15.9 Å². The Bertz CT molecular complexity index is 703. The van der Waals surface area contributed by atoms with Gasteiger partial charge in [0.25, 0.3) is 11.8 Å². The van der Waals surface area contributed by atoms with Gasteiger partial charge in [0, 0.05) is 10.5 Å². The molecule has 2 aromatic carbocycles. The van der Waals surface area contributed by atoms with E-state index in [-0.39, 0.29) is 21.3 Å². The smallest absolute Gasteiger partial charge is 0.266 e. The molecule has 0 spiro atoms. The van der Waals surface area contributed by atoms with Crippen LogP contribution in [0.3, 0.4) is 0 Å². The third-order valence-electron chi connectivity index (χ3n) is 3.00. The standard InChI is InChI=1S/C14H6BrF2NO2/c15-10-5-7(16)6-11(17)12(10)18-13(19)8-3-1-2-4-9(8)14(18)20/h1-6H. The zero-order valence-electron chi connectivity index (χ0n) is 9.86. The van der Waals surface area contributed by atoms with E-state index in [4.69, 9.17) is 0 Å². The molecule has 0 fully saturated rings. The Morgan fingerprint density at radius 1 is 0.950 bits per heavy atom. The summed E-state index contributed by atoms with van der Waals surface area (Å²) in [5.41, 5.74) is 0.124. The molecule has 1 aliphatic rings. The van der Waals surface area contributed by atoms with Crippen LogP contribution in [0.25, 0.3) is 0 Å². The molecule has 0 unspecified atom stereocenters. The molecule has 0 aliphatic carbocycles. The van der Waals surface area contributed by atoms with Crippen LogP contribution in [0, 0.1) is 11.6 Å². The lowest BCUT2D eigenvalue weighted by Crippen LogP contribution is -2.30. The Kier molecular flexibility index (Phi) is 2.90. The van der Waals surface area contributed by atoms with Gasteiger partial charge >= 0.3 is 0 Å². The summed E-state index contributed by atoms with van der Waals surface area (Å²) in [5, 5.41) is 0. The number of carbonyl (C=O) groups excluding carboxylic acids is 2. The number of anilines is 1. The highest BCUT2D eigenvalue weighted by molar-refractivity contribution is 9.10. The van der Waals surface area contributed by atoms with Crippen molar-refractivity contribution in [2.75, 3.05) is 4.90 Å². The van der Waals surface area contributed by atoms with Gasteiger partial charge in [-0.3, -0.25) is 9.59 Å². The largest absolute Gasteiger partial charge is 0.268 e. The Balaban J connectivity index is 2.19. The average Bonchev–Trinajstić information content (AvgIpc) is 2.64. The van der Waals surface area contributed by atoms with Crippen LogP contribution in [-0.2, 0) is 0 Å². The van der Waals surface area contributed by atoms with E-state index >= 15 is 0 Å². The van der Waals surface area contributed by atoms with Gasteiger partial charge in [-0.05, 0) is 34.1 Å². The van der Waals surface area contributed by atoms with E-state index < -0.39 is 23.4 Å². The average molecular weight is 338 g/mol. The number of carbonyl (C=O) groups is 2. The Morgan fingerprint density at radius 3 is 2.00 bits per heavy atom. The quantitative estimate of drug-likeness (QED) is 0.746. The van der Waals surface area contributed by atoms with Gasteiger partial charge in [-0.2, -0.15) is 0 Å². The van der Waals surface area contributed by atoms with Crippen LogP contribution in [0.1, 0.15) is 20.7 Å². The number of halogens is 3. The maximum absolute atomic E-state index is 13.9. The summed E-state index contributed by atoms with van der Waals surface area (Å²) in [6.45, 7) is 0. The molecular formula is C14H6BrF2NO2. The van der Waals surface area contributed by atoms with Crippen molar-refractivity contribution in [3.8, 4) is 0 Å². The lowest BCUT2D eigenvalue weighted by molar-refractivity contribution is 0.0924. The first-order valence-electron chi connectivity index (χ1n) is 5.63. The SMILES string of the molecule is O=C1c2ccccc2C(=O)N1c1c(F)cc(F)cc1Br. The lowest BCUT2D eigenvalue weighted by Gasteiger charge is -2.16. The third kappa shape index (κ3) is 1.76. The van der Waals surface area contributed by atoms with Gasteiger partial charge in [-0.1, -0.05) is 12.1 Å². The van der Waals surface area contributed by atoms with Crippen LogP contribution in [0.5, 0.6) is 0 Å². The van der Waals surface area contributed by atoms with E-state index in [0.29, 0.717) is 11.0 Å². The molecular weight excluding hydrogens is 332 g/mol. The van der Waals surface area contributed by atoms with E-state index in [1.54, 1.807) is 12.1 Å². The predicted molar refractivity (Wildman–Crippen MR) is 71.6 cm³/mol. The first kappa shape index (κ1) is 12.9. The maximum Gasteiger partial charge on any atom is 0.266 e. The van der Waals surface area contributed by atoms with Crippen molar-refractivity contribution in [3.05, 3.63) is 63.6 Å². The minimum Gasteiger partial charge on any atom is -0.268 e. The highest BCUT2D eigenvalue weighted by Crippen LogP contribution is 2.35. The molecule has 0 bridgehead atoms. The highest BCUT2D eigenvalue weighted by Gasteiger charge is 2.38. The van der Waals surface area contributed by atoms with Gasteiger partial charge in [0.15, 0.2) is 5.82 Å². The van der Waals surface area contributed by atoms with Gasteiger partial charge in [0.2, 0.25) is 0 Å². The summed E-state index contributed by atoms with van der Waals surface area (Å²) in [7, 11) is 0. The van der Waals surface area contributed by atoms with E-state index in [1.165, 1.54) is 12.1 Å². The Labute approximate surface area is 120 Å². The Morgan fingerprint density at radius 2 is 1.50 bits per heavy atom. The minimum atomic E-state index is -0.980. The molecule has 1 aliphatic heterocycles. The van der Waals surface area contributed by atoms with Gasteiger partial charge in [0.05, 0.1) is 11.1 Å². The number of fused-ring (bicyclic) bond motifs is 1. The maximum atomic E-state index is 13.9. The predicted octanol–water partition coefficient (Wildman–Crippen LogP) is 3.53. The number of hydrogen-bond acceptors (Lipinski definition) is 2. The van der Waals surface area contributed by atoms with E-state index in [2.05, 4.69) is 15.9 Å². The topological polar surface area (TPSA) is 37.4 Å². The summed E-state index contributed by atoms with van der Waals surface area (Å²) < 4.78 is 27.0. The van der Waals surface area contributed by atoms with Crippen LogP contribution < -0.4 is 4.90 Å². The normalized spacial score (nSPS) is 13.8. The lowest BCUT2D eigenvalue weighted by atomic mass is 10.1. The minimum absolute atomic E-state index is 0.00417. The van der Waals surface area contributed by atoms with Gasteiger partial charge < -0.3 is 0 Å². The molecule has 0 saturated heterocycles. The summed E-state index contributed by atoms with van der Waals surface area (Å²) in [6.07, 6.45) is 0. The number of rotatable bonds is 1.